The van der Waals surface area contributed by atoms with Gasteiger partial charge in [0.2, 0.25) is 5.13 Å². The quantitative estimate of drug-likeness (QED) is 0.934. The summed E-state index contributed by atoms with van der Waals surface area (Å²) in [5, 5.41) is 13.1. The van der Waals surface area contributed by atoms with Gasteiger partial charge in [0, 0.05) is 18.5 Å². The van der Waals surface area contributed by atoms with E-state index in [1.54, 1.807) is 11.3 Å². The number of fused-ring (bicyclic) bond motifs is 1. The molecule has 0 atom stereocenters. The van der Waals surface area contributed by atoms with Gasteiger partial charge in [0.15, 0.2) is 11.5 Å². The molecule has 0 fully saturated rings. The Morgan fingerprint density at radius 3 is 3.00 bits per heavy atom. The van der Waals surface area contributed by atoms with Gasteiger partial charge in [-0.15, -0.1) is 10.2 Å². The summed E-state index contributed by atoms with van der Waals surface area (Å²) in [6.45, 7) is 4.00. The average Bonchev–Trinajstić information content (AvgIpc) is 2.69. The van der Waals surface area contributed by atoms with Gasteiger partial charge in [-0.3, -0.25) is 0 Å². The average molecular weight is 277 g/mol. The van der Waals surface area contributed by atoms with Gasteiger partial charge in [-0.25, -0.2) is 0 Å². The summed E-state index contributed by atoms with van der Waals surface area (Å²) in [6, 6.07) is 5.96. The Morgan fingerprint density at radius 2 is 2.16 bits per heavy atom. The van der Waals surface area contributed by atoms with Crippen LogP contribution in [0.5, 0.6) is 11.5 Å². The molecule has 100 valence electrons. The van der Waals surface area contributed by atoms with Crippen molar-refractivity contribution in [1.29, 1.82) is 0 Å². The first kappa shape index (κ1) is 12.2. The smallest absolute Gasteiger partial charge is 0.205 e. The van der Waals surface area contributed by atoms with Crippen molar-refractivity contribution in [2.75, 3.05) is 18.5 Å². The lowest BCUT2D eigenvalue weighted by molar-refractivity contribution is 0.296. The van der Waals surface area contributed by atoms with Gasteiger partial charge in [-0.05, 0) is 13.0 Å². The van der Waals surface area contributed by atoms with Gasteiger partial charge in [0.25, 0.3) is 0 Å². The van der Waals surface area contributed by atoms with E-state index in [2.05, 4.69) is 15.5 Å². The van der Waals surface area contributed by atoms with Gasteiger partial charge >= 0.3 is 0 Å². The largest absolute Gasteiger partial charge is 0.490 e. The minimum atomic E-state index is 0.654. The van der Waals surface area contributed by atoms with Gasteiger partial charge in [-0.2, -0.15) is 0 Å². The van der Waals surface area contributed by atoms with Crippen LogP contribution in [-0.4, -0.2) is 23.4 Å². The first-order chi connectivity index (χ1) is 9.33. The molecule has 0 radical (unpaired) electrons. The second-order valence-corrected chi connectivity index (χ2v) is 5.46. The van der Waals surface area contributed by atoms with Crippen molar-refractivity contribution < 1.29 is 9.47 Å². The number of anilines is 1. The number of hydrogen-bond acceptors (Lipinski definition) is 6. The third-order valence-corrected chi connectivity index (χ3v) is 3.61. The van der Waals surface area contributed by atoms with E-state index in [4.69, 9.17) is 9.47 Å². The maximum atomic E-state index is 5.78. The molecular weight excluding hydrogens is 262 g/mol. The Kier molecular flexibility index (Phi) is 3.50. The number of ether oxygens (including phenoxy) is 2. The zero-order valence-electron chi connectivity index (χ0n) is 10.7. The molecule has 0 bridgehead atoms. The van der Waals surface area contributed by atoms with Gasteiger partial charge in [0.1, 0.15) is 5.01 Å². The molecule has 0 amide bonds. The van der Waals surface area contributed by atoms with Crippen LogP contribution >= 0.6 is 11.3 Å². The van der Waals surface area contributed by atoms with Crippen LogP contribution in [0.4, 0.5) is 5.13 Å². The third-order valence-electron chi connectivity index (χ3n) is 2.81. The first-order valence-corrected chi connectivity index (χ1v) is 7.06. The summed E-state index contributed by atoms with van der Waals surface area (Å²) in [5.74, 6) is 1.67. The van der Waals surface area contributed by atoms with E-state index in [0.717, 1.165) is 33.6 Å². The minimum absolute atomic E-state index is 0.654. The van der Waals surface area contributed by atoms with Crippen LogP contribution < -0.4 is 14.8 Å². The second-order valence-electron chi connectivity index (χ2n) is 4.27. The topological polar surface area (TPSA) is 56.3 Å². The molecule has 1 aliphatic rings. The third kappa shape index (κ3) is 2.78. The number of aromatic nitrogens is 2. The summed E-state index contributed by atoms with van der Waals surface area (Å²) in [6.07, 6.45) is 0.914. The molecule has 0 aliphatic carbocycles. The predicted octanol–water partition coefficient (Wildman–Crippen LogP) is 2.62. The SMILES string of the molecule is Cc1nnc(NCc2cccc3c2OCCCO3)s1. The monoisotopic (exact) mass is 277 g/mol. The minimum Gasteiger partial charge on any atom is -0.490 e. The van der Waals surface area contributed by atoms with Crippen LogP contribution in [0, 0.1) is 6.92 Å². The van der Waals surface area contributed by atoms with Crippen molar-refractivity contribution in [3.05, 3.63) is 28.8 Å². The number of benzene rings is 1. The van der Waals surface area contributed by atoms with Crippen LogP contribution in [-0.2, 0) is 6.54 Å². The highest BCUT2D eigenvalue weighted by atomic mass is 32.1. The first-order valence-electron chi connectivity index (χ1n) is 6.24. The molecule has 0 saturated heterocycles. The van der Waals surface area contributed by atoms with E-state index in [1.807, 2.05) is 25.1 Å². The zero-order valence-corrected chi connectivity index (χ0v) is 11.5. The zero-order chi connectivity index (χ0) is 13.1. The predicted molar refractivity (Wildman–Crippen MR) is 74.0 cm³/mol. The normalized spacial score (nSPS) is 13.9. The lowest BCUT2D eigenvalue weighted by Gasteiger charge is -2.12. The number of nitrogens with zero attached hydrogens (tertiary/aromatic N) is 2. The molecule has 1 N–H and O–H groups in total. The highest BCUT2D eigenvalue weighted by Gasteiger charge is 2.14. The van der Waals surface area contributed by atoms with E-state index in [1.165, 1.54) is 0 Å². The lowest BCUT2D eigenvalue weighted by Crippen LogP contribution is -2.03. The molecule has 1 aliphatic heterocycles. The van der Waals surface area contributed by atoms with Crippen LogP contribution in [0.2, 0.25) is 0 Å². The van der Waals surface area contributed by atoms with Crippen molar-refractivity contribution in [2.24, 2.45) is 0 Å². The Morgan fingerprint density at radius 1 is 1.26 bits per heavy atom. The number of aryl methyl sites for hydroxylation is 1. The Hall–Kier alpha value is -1.82. The molecule has 0 unspecified atom stereocenters. The molecule has 19 heavy (non-hydrogen) atoms. The van der Waals surface area contributed by atoms with Gasteiger partial charge in [0.05, 0.1) is 13.2 Å². The van der Waals surface area contributed by atoms with E-state index in [0.29, 0.717) is 19.8 Å². The molecule has 5 nitrogen and oxygen atoms in total. The number of rotatable bonds is 3. The van der Waals surface area contributed by atoms with E-state index in [9.17, 15) is 0 Å². The van der Waals surface area contributed by atoms with Gasteiger partial charge < -0.3 is 14.8 Å². The number of hydrogen-bond donors (Lipinski definition) is 1. The highest BCUT2D eigenvalue weighted by molar-refractivity contribution is 7.15. The maximum absolute atomic E-state index is 5.78. The Bertz CT molecular complexity index is 571. The summed E-state index contributed by atoms with van der Waals surface area (Å²) in [4.78, 5) is 0. The number of para-hydroxylation sites is 1. The molecule has 6 heteroatoms. The van der Waals surface area contributed by atoms with Crippen LogP contribution in [0.15, 0.2) is 18.2 Å². The van der Waals surface area contributed by atoms with Crippen LogP contribution in [0.25, 0.3) is 0 Å². The molecule has 0 spiro atoms. The highest BCUT2D eigenvalue weighted by Crippen LogP contribution is 2.33. The summed E-state index contributed by atoms with van der Waals surface area (Å²) in [5.41, 5.74) is 1.08. The van der Waals surface area contributed by atoms with E-state index >= 15 is 0 Å². The fraction of sp³-hybridized carbons (Fsp3) is 0.385. The molecule has 2 aromatic rings. The van der Waals surface area contributed by atoms with Crippen molar-refractivity contribution in [3.8, 4) is 11.5 Å². The fourth-order valence-corrected chi connectivity index (χ4v) is 2.52. The standard InChI is InChI=1S/C13H15N3O2S/c1-9-15-16-13(19-9)14-8-10-4-2-5-11-12(10)18-7-3-6-17-11/h2,4-5H,3,6-8H2,1H3,(H,14,16). The van der Waals surface area contributed by atoms with Gasteiger partial charge in [-0.1, -0.05) is 23.5 Å². The van der Waals surface area contributed by atoms with Crippen molar-refractivity contribution in [2.45, 2.75) is 19.9 Å². The van der Waals surface area contributed by atoms with E-state index in [-0.39, 0.29) is 0 Å². The second kappa shape index (κ2) is 5.44. The molecule has 1 aromatic carbocycles. The van der Waals surface area contributed by atoms with Crippen LogP contribution in [0.1, 0.15) is 17.0 Å². The molecule has 2 heterocycles. The molecular formula is C13H15N3O2S. The maximum Gasteiger partial charge on any atom is 0.205 e. The molecule has 1 aromatic heterocycles. The Balaban J connectivity index is 1.77. The van der Waals surface area contributed by atoms with Crippen molar-refractivity contribution >= 4 is 16.5 Å². The van der Waals surface area contributed by atoms with Crippen molar-refractivity contribution in [1.82, 2.24) is 10.2 Å². The fourth-order valence-electron chi connectivity index (χ4n) is 1.93. The summed E-state index contributed by atoms with van der Waals surface area (Å²) in [7, 11) is 0. The van der Waals surface area contributed by atoms with Crippen molar-refractivity contribution in [3.63, 3.8) is 0 Å². The molecule has 3 rings (SSSR count). The Labute approximate surface area is 115 Å². The van der Waals surface area contributed by atoms with Crippen LogP contribution in [0.3, 0.4) is 0 Å². The lowest BCUT2D eigenvalue weighted by atomic mass is 10.2. The van der Waals surface area contributed by atoms with E-state index < -0.39 is 0 Å². The summed E-state index contributed by atoms with van der Waals surface area (Å²) >= 11 is 1.54. The summed E-state index contributed by atoms with van der Waals surface area (Å²) < 4.78 is 11.4. The molecule has 0 saturated carbocycles. The number of nitrogens with one attached hydrogen (secondary N) is 1.